The fraction of sp³-hybridized carbons (Fsp3) is 0.520. The Morgan fingerprint density at radius 1 is 1.11 bits per heavy atom. The monoisotopic (exact) mass is 512 g/mol. The number of non-ortho nitro benzene ring substituents is 1. The zero-order valence-corrected chi connectivity index (χ0v) is 21.6. The molecule has 3 N–H and O–H groups in total. The number of furan rings is 1. The number of fused-ring (bicyclic) bond motifs is 1. The number of amides is 1. The first-order valence-corrected chi connectivity index (χ1v) is 12.2. The molecule has 0 bridgehead atoms. The summed E-state index contributed by atoms with van der Waals surface area (Å²) in [7, 11) is 0. The summed E-state index contributed by atoms with van der Waals surface area (Å²) in [4.78, 5) is 34.3. The highest BCUT2D eigenvalue weighted by molar-refractivity contribution is 6.06. The van der Waals surface area contributed by atoms with Gasteiger partial charge in [0.15, 0.2) is 5.76 Å². The van der Waals surface area contributed by atoms with E-state index in [9.17, 15) is 25.0 Å². The summed E-state index contributed by atoms with van der Waals surface area (Å²) in [6.45, 7) is 10.3. The number of hydrazone groups is 1. The first-order valence-electron chi connectivity index (χ1n) is 12.2. The second-order valence-corrected chi connectivity index (χ2v) is 11.1. The summed E-state index contributed by atoms with van der Waals surface area (Å²) in [5.41, 5.74) is 3.65. The zero-order chi connectivity index (χ0) is 27.1. The molecular weight excluding hydrogens is 480 g/mol. The van der Waals surface area contributed by atoms with Crippen LogP contribution < -0.4 is 16.1 Å². The molecule has 1 aromatic heterocycles. The average molecular weight is 513 g/mol. The summed E-state index contributed by atoms with van der Waals surface area (Å²) < 4.78 is 6.01. The second-order valence-electron chi connectivity index (χ2n) is 11.1. The first kappa shape index (κ1) is 26.3. The molecule has 2 aliphatic rings. The Labute approximate surface area is 214 Å². The summed E-state index contributed by atoms with van der Waals surface area (Å²) in [6, 6.07) is 3.31. The third kappa shape index (κ3) is 5.63. The van der Waals surface area contributed by atoms with E-state index in [4.69, 9.17) is 4.42 Å². The highest BCUT2D eigenvalue weighted by Gasteiger charge is 2.39. The van der Waals surface area contributed by atoms with Crippen LogP contribution in [0, 0.1) is 27.2 Å². The van der Waals surface area contributed by atoms with Crippen molar-refractivity contribution in [2.24, 2.45) is 5.10 Å². The smallest absolute Gasteiger partial charge is 0.301 e. The van der Waals surface area contributed by atoms with Gasteiger partial charge in [0, 0.05) is 40.7 Å². The van der Waals surface area contributed by atoms with Gasteiger partial charge in [-0.3, -0.25) is 30.4 Å². The third-order valence-corrected chi connectivity index (χ3v) is 6.76. The van der Waals surface area contributed by atoms with Crippen molar-refractivity contribution in [1.82, 2.24) is 10.6 Å². The van der Waals surface area contributed by atoms with Crippen molar-refractivity contribution in [2.75, 3.05) is 5.43 Å². The highest BCUT2D eigenvalue weighted by Crippen LogP contribution is 2.33. The molecule has 12 heteroatoms. The van der Waals surface area contributed by atoms with Crippen molar-refractivity contribution in [3.05, 3.63) is 61.1 Å². The van der Waals surface area contributed by atoms with Crippen LogP contribution in [0.15, 0.2) is 27.7 Å². The lowest BCUT2D eigenvalue weighted by Gasteiger charge is -2.46. The number of aryl methyl sites for hydroxylation is 1. The zero-order valence-electron chi connectivity index (χ0n) is 21.6. The predicted molar refractivity (Wildman–Crippen MR) is 138 cm³/mol. The van der Waals surface area contributed by atoms with E-state index in [0.29, 0.717) is 29.9 Å². The Balaban J connectivity index is 1.58. The van der Waals surface area contributed by atoms with Crippen LogP contribution in [-0.2, 0) is 6.42 Å². The number of piperidine rings is 1. The van der Waals surface area contributed by atoms with Crippen molar-refractivity contribution in [3.8, 4) is 0 Å². The van der Waals surface area contributed by atoms with Gasteiger partial charge in [-0.25, -0.2) is 0 Å². The topological polar surface area (TPSA) is 165 Å². The molecule has 0 unspecified atom stereocenters. The largest absolute Gasteiger partial charge is 0.455 e. The summed E-state index contributed by atoms with van der Waals surface area (Å²) >= 11 is 0. The predicted octanol–water partition coefficient (Wildman–Crippen LogP) is 4.60. The second kappa shape index (κ2) is 9.58. The number of carbonyl (C=O) groups excluding carboxylic acids is 1. The van der Waals surface area contributed by atoms with Gasteiger partial charge in [-0.2, -0.15) is 5.10 Å². The summed E-state index contributed by atoms with van der Waals surface area (Å²) in [5, 5.41) is 33.6. The van der Waals surface area contributed by atoms with E-state index in [-0.39, 0.29) is 40.2 Å². The number of benzene rings is 1. The normalized spacial score (nSPS) is 19.8. The van der Waals surface area contributed by atoms with Gasteiger partial charge in [-0.1, -0.05) is 0 Å². The number of rotatable bonds is 6. The van der Waals surface area contributed by atoms with E-state index in [1.807, 2.05) is 6.92 Å². The molecule has 0 radical (unpaired) electrons. The molecule has 2 heterocycles. The maximum atomic E-state index is 13.3. The standard InChI is InChI=1S/C25H32N6O6/c1-14-21-18(28-27-17-10-9-16(30(33)34)11-19(17)31(35)36)7-6-8-20(21)37-22(14)23(32)26-15-12-24(2,3)29-25(4,5)13-15/h9-11,15,27,29H,6-8,12-13H2,1-5H3,(H,26,32)/b28-18+. The lowest BCUT2D eigenvalue weighted by Crippen LogP contribution is -2.62. The van der Waals surface area contributed by atoms with Crippen molar-refractivity contribution in [1.29, 1.82) is 0 Å². The van der Waals surface area contributed by atoms with Gasteiger partial charge >= 0.3 is 5.69 Å². The van der Waals surface area contributed by atoms with Crippen LogP contribution in [0.3, 0.4) is 0 Å². The van der Waals surface area contributed by atoms with Gasteiger partial charge in [0.05, 0.1) is 21.6 Å². The number of nitro groups is 2. The van der Waals surface area contributed by atoms with Crippen molar-refractivity contribution < 1.29 is 19.1 Å². The average Bonchev–Trinajstić information content (AvgIpc) is 3.12. The van der Waals surface area contributed by atoms with Gasteiger partial charge < -0.3 is 15.1 Å². The maximum absolute atomic E-state index is 13.3. The number of hydrogen-bond acceptors (Lipinski definition) is 9. The van der Waals surface area contributed by atoms with Gasteiger partial charge in [-0.05, 0) is 66.4 Å². The van der Waals surface area contributed by atoms with E-state index in [1.165, 1.54) is 12.1 Å². The van der Waals surface area contributed by atoms with Crippen molar-refractivity contribution in [3.63, 3.8) is 0 Å². The molecule has 1 amide bonds. The third-order valence-electron chi connectivity index (χ3n) is 6.76. The van der Waals surface area contributed by atoms with Crippen LogP contribution in [-0.4, -0.2) is 38.6 Å². The summed E-state index contributed by atoms with van der Waals surface area (Å²) in [6.07, 6.45) is 3.53. The van der Waals surface area contributed by atoms with Crippen LogP contribution >= 0.6 is 0 Å². The Hall–Kier alpha value is -3.80. The fourth-order valence-corrected chi connectivity index (χ4v) is 5.68. The molecule has 1 aliphatic carbocycles. The minimum atomic E-state index is -0.698. The van der Waals surface area contributed by atoms with Gasteiger partial charge in [0.25, 0.3) is 11.6 Å². The lowest BCUT2D eigenvalue weighted by atomic mass is 9.79. The highest BCUT2D eigenvalue weighted by atomic mass is 16.6. The molecule has 1 aliphatic heterocycles. The Bertz CT molecular complexity index is 1280. The number of anilines is 1. The SMILES string of the molecule is Cc1c(C(=O)NC2CC(C)(C)NC(C)(C)C2)oc2c1/C(=N/Nc1ccc([N+](=O)[O-])cc1[N+](=O)[O-])CCC2. The maximum Gasteiger partial charge on any atom is 0.301 e. The minimum absolute atomic E-state index is 0.0160. The Kier molecular flexibility index (Phi) is 6.80. The van der Waals surface area contributed by atoms with Crippen LogP contribution in [0.25, 0.3) is 0 Å². The van der Waals surface area contributed by atoms with Crippen molar-refractivity contribution in [2.45, 2.75) is 83.8 Å². The molecule has 37 heavy (non-hydrogen) atoms. The molecule has 2 aromatic rings. The van der Waals surface area contributed by atoms with Gasteiger partial charge in [-0.15, -0.1) is 0 Å². The van der Waals surface area contributed by atoms with E-state index < -0.39 is 15.5 Å². The molecule has 4 rings (SSSR count). The Morgan fingerprint density at radius 2 is 1.78 bits per heavy atom. The molecule has 0 spiro atoms. The molecule has 1 fully saturated rings. The number of hydrogen-bond donors (Lipinski definition) is 3. The quantitative estimate of drug-likeness (QED) is 0.373. The fourth-order valence-electron chi connectivity index (χ4n) is 5.68. The van der Waals surface area contributed by atoms with Crippen LogP contribution in [0.1, 0.15) is 80.8 Å². The molecule has 1 aromatic carbocycles. The number of nitrogens with zero attached hydrogens (tertiary/aromatic N) is 3. The molecule has 0 atom stereocenters. The number of carbonyl (C=O) groups is 1. The number of nitro benzene ring substituents is 2. The van der Waals surface area contributed by atoms with Crippen LogP contribution in [0.4, 0.5) is 17.1 Å². The number of nitrogens with one attached hydrogen (secondary N) is 3. The minimum Gasteiger partial charge on any atom is -0.455 e. The van der Waals surface area contributed by atoms with Gasteiger partial charge in [0.1, 0.15) is 11.4 Å². The molecular formula is C25H32N6O6. The van der Waals surface area contributed by atoms with E-state index in [2.05, 4.69) is 48.9 Å². The van der Waals surface area contributed by atoms with E-state index >= 15 is 0 Å². The van der Waals surface area contributed by atoms with Crippen LogP contribution in [0.5, 0.6) is 0 Å². The van der Waals surface area contributed by atoms with E-state index in [0.717, 1.165) is 30.9 Å². The molecule has 1 saturated heterocycles. The van der Waals surface area contributed by atoms with E-state index in [1.54, 1.807) is 0 Å². The van der Waals surface area contributed by atoms with Crippen LogP contribution in [0.2, 0.25) is 0 Å². The molecule has 0 saturated carbocycles. The Morgan fingerprint density at radius 3 is 2.41 bits per heavy atom. The van der Waals surface area contributed by atoms with Gasteiger partial charge in [0.2, 0.25) is 0 Å². The molecule has 12 nitrogen and oxygen atoms in total. The first-order chi connectivity index (χ1) is 17.3. The van der Waals surface area contributed by atoms with Crippen molar-refractivity contribution >= 4 is 28.7 Å². The summed E-state index contributed by atoms with van der Waals surface area (Å²) in [5.74, 6) is 0.623. The molecule has 198 valence electrons. The lowest BCUT2D eigenvalue weighted by molar-refractivity contribution is -0.393.